The Hall–Kier alpha value is -0.480. The van der Waals surface area contributed by atoms with Crippen molar-refractivity contribution in [3.05, 3.63) is 0 Å². The van der Waals surface area contributed by atoms with Crippen molar-refractivity contribution >= 4 is 0 Å². The molecule has 1 fully saturated rings. The smallest absolute Gasteiger partial charge is 0.140 e. The Morgan fingerprint density at radius 2 is 2.00 bits per heavy atom. The Bertz CT molecular complexity index is 149. The maximum Gasteiger partial charge on any atom is 0.140 e. The number of rotatable bonds is 3. The normalized spacial score (nSPS) is 21.5. The average molecular weight is 152 g/mol. The van der Waals surface area contributed by atoms with Crippen LogP contribution < -0.4 is 0 Å². The van der Waals surface area contributed by atoms with Gasteiger partial charge < -0.3 is 4.48 Å². The lowest BCUT2D eigenvalue weighted by Gasteiger charge is -2.31. The SMILES string of the molecule is C#CC[N+]1(CCC)CCCC1. The third-order valence-electron chi connectivity index (χ3n) is 2.64. The minimum Gasteiger partial charge on any atom is -0.314 e. The Morgan fingerprint density at radius 1 is 1.36 bits per heavy atom. The van der Waals surface area contributed by atoms with Gasteiger partial charge in [0.05, 0.1) is 19.6 Å². The molecule has 0 saturated carbocycles. The fourth-order valence-corrected chi connectivity index (χ4v) is 2.13. The maximum absolute atomic E-state index is 5.36. The first-order chi connectivity index (χ1) is 5.33. The van der Waals surface area contributed by atoms with Crippen LogP contribution in [-0.2, 0) is 0 Å². The molecule has 0 amide bonds. The van der Waals surface area contributed by atoms with Crippen LogP contribution in [0, 0.1) is 12.3 Å². The molecule has 1 heteroatoms. The molecule has 0 aromatic carbocycles. The number of hydrogen-bond acceptors (Lipinski definition) is 0. The summed E-state index contributed by atoms with van der Waals surface area (Å²) in [7, 11) is 0. The van der Waals surface area contributed by atoms with E-state index in [1.807, 2.05) is 0 Å². The lowest BCUT2D eigenvalue weighted by molar-refractivity contribution is -0.910. The molecule has 0 atom stereocenters. The zero-order valence-corrected chi connectivity index (χ0v) is 7.47. The highest BCUT2D eigenvalue weighted by Gasteiger charge is 2.29. The summed E-state index contributed by atoms with van der Waals surface area (Å²) in [5.41, 5.74) is 0. The molecule has 1 saturated heterocycles. The molecule has 0 N–H and O–H groups in total. The van der Waals surface area contributed by atoms with E-state index in [1.165, 1.54) is 43.4 Å². The molecular formula is C10H18N+. The van der Waals surface area contributed by atoms with Gasteiger partial charge in [-0.15, -0.1) is 6.42 Å². The van der Waals surface area contributed by atoms with Crippen molar-refractivity contribution in [2.45, 2.75) is 26.2 Å². The van der Waals surface area contributed by atoms with Crippen LogP contribution in [-0.4, -0.2) is 30.7 Å². The number of nitrogens with zero attached hydrogens (tertiary/aromatic N) is 1. The molecule has 1 nitrogen and oxygen atoms in total. The van der Waals surface area contributed by atoms with Gasteiger partial charge >= 0.3 is 0 Å². The van der Waals surface area contributed by atoms with E-state index >= 15 is 0 Å². The van der Waals surface area contributed by atoms with Gasteiger partial charge in [-0.1, -0.05) is 6.92 Å². The van der Waals surface area contributed by atoms with Gasteiger partial charge in [-0.05, 0) is 12.3 Å². The quantitative estimate of drug-likeness (QED) is 0.426. The van der Waals surface area contributed by atoms with E-state index in [1.54, 1.807) is 0 Å². The Balaban J connectivity index is 2.49. The number of quaternary nitrogens is 1. The van der Waals surface area contributed by atoms with Crippen molar-refractivity contribution < 1.29 is 4.48 Å². The highest BCUT2D eigenvalue weighted by molar-refractivity contribution is 4.84. The molecule has 1 heterocycles. The summed E-state index contributed by atoms with van der Waals surface area (Å²) in [6, 6.07) is 0. The third kappa shape index (κ3) is 1.97. The fraction of sp³-hybridized carbons (Fsp3) is 0.800. The lowest BCUT2D eigenvalue weighted by Crippen LogP contribution is -2.45. The summed E-state index contributed by atoms with van der Waals surface area (Å²) in [6.45, 7) is 7.11. The van der Waals surface area contributed by atoms with Crippen LogP contribution in [0.4, 0.5) is 0 Å². The van der Waals surface area contributed by atoms with Crippen molar-refractivity contribution in [3.8, 4) is 12.3 Å². The number of hydrogen-bond donors (Lipinski definition) is 0. The van der Waals surface area contributed by atoms with Crippen LogP contribution in [0.1, 0.15) is 26.2 Å². The van der Waals surface area contributed by atoms with Gasteiger partial charge in [0.25, 0.3) is 0 Å². The Morgan fingerprint density at radius 3 is 2.45 bits per heavy atom. The van der Waals surface area contributed by atoms with Crippen molar-refractivity contribution in [1.82, 2.24) is 0 Å². The minimum atomic E-state index is 0.952. The summed E-state index contributed by atoms with van der Waals surface area (Å²) < 4.78 is 1.20. The fourth-order valence-electron chi connectivity index (χ4n) is 2.13. The molecule has 1 aliphatic rings. The lowest BCUT2D eigenvalue weighted by atomic mass is 10.3. The second-order valence-corrected chi connectivity index (χ2v) is 3.58. The highest BCUT2D eigenvalue weighted by Crippen LogP contribution is 2.18. The average Bonchev–Trinajstić information content (AvgIpc) is 2.39. The first kappa shape index (κ1) is 8.62. The molecule has 0 aromatic rings. The van der Waals surface area contributed by atoms with Crippen LogP contribution in [0.2, 0.25) is 0 Å². The van der Waals surface area contributed by atoms with Gasteiger partial charge in [0.1, 0.15) is 6.54 Å². The van der Waals surface area contributed by atoms with Gasteiger partial charge in [0.15, 0.2) is 0 Å². The van der Waals surface area contributed by atoms with Crippen LogP contribution in [0.3, 0.4) is 0 Å². The summed E-state index contributed by atoms with van der Waals surface area (Å²) in [5.74, 6) is 2.81. The molecular weight excluding hydrogens is 134 g/mol. The predicted molar refractivity (Wildman–Crippen MR) is 48.1 cm³/mol. The maximum atomic E-state index is 5.36. The van der Waals surface area contributed by atoms with Crippen molar-refractivity contribution in [2.24, 2.45) is 0 Å². The predicted octanol–water partition coefficient (Wildman–Crippen LogP) is 1.64. The van der Waals surface area contributed by atoms with Gasteiger partial charge in [0, 0.05) is 12.8 Å². The summed E-state index contributed by atoms with van der Waals surface area (Å²) in [4.78, 5) is 0. The summed E-state index contributed by atoms with van der Waals surface area (Å²) >= 11 is 0. The number of likely N-dealkylation sites (tertiary alicyclic amines) is 1. The molecule has 0 unspecified atom stereocenters. The highest BCUT2D eigenvalue weighted by atomic mass is 15.4. The molecule has 0 aliphatic carbocycles. The zero-order valence-electron chi connectivity index (χ0n) is 7.47. The minimum absolute atomic E-state index is 0.952. The first-order valence-corrected chi connectivity index (χ1v) is 4.61. The van der Waals surface area contributed by atoms with E-state index in [9.17, 15) is 0 Å². The zero-order chi connectivity index (χ0) is 8.16. The summed E-state index contributed by atoms with van der Waals surface area (Å²) in [6.07, 6.45) is 9.38. The van der Waals surface area contributed by atoms with Crippen LogP contribution in [0.25, 0.3) is 0 Å². The molecule has 0 radical (unpaired) electrons. The van der Waals surface area contributed by atoms with E-state index in [-0.39, 0.29) is 0 Å². The second-order valence-electron chi connectivity index (χ2n) is 3.58. The van der Waals surface area contributed by atoms with E-state index in [0.717, 1.165) is 6.54 Å². The van der Waals surface area contributed by atoms with Crippen molar-refractivity contribution in [3.63, 3.8) is 0 Å². The molecule has 62 valence electrons. The molecule has 0 spiro atoms. The van der Waals surface area contributed by atoms with Gasteiger partial charge in [-0.25, -0.2) is 0 Å². The first-order valence-electron chi connectivity index (χ1n) is 4.61. The number of terminal acetylenes is 1. The van der Waals surface area contributed by atoms with E-state index < -0.39 is 0 Å². The van der Waals surface area contributed by atoms with E-state index in [2.05, 4.69) is 12.8 Å². The topological polar surface area (TPSA) is 0 Å². The van der Waals surface area contributed by atoms with Crippen molar-refractivity contribution in [2.75, 3.05) is 26.2 Å². The third-order valence-corrected chi connectivity index (χ3v) is 2.64. The summed E-state index contributed by atoms with van der Waals surface area (Å²) in [5, 5.41) is 0. The molecule has 0 bridgehead atoms. The Kier molecular flexibility index (Phi) is 2.96. The molecule has 1 aliphatic heterocycles. The van der Waals surface area contributed by atoms with Gasteiger partial charge in [0.2, 0.25) is 0 Å². The second kappa shape index (κ2) is 3.78. The van der Waals surface area contributed by atoms with Crippen LogP contribution >= 0.6 is 0 Å². The van der Waals surface area contributed by atoms with Crippen molar-refractivity contribution in [1.29, 1.82) is 0 Å². The monoisotopic (exact) mass is 152 g/mol. The molecule has 1 rings (SSSR count). The van der Waals surface area contributed by atoms with Gasteiger partial charge in [-0.2, -0.15) is 0 Å². The largest absolute Gasteiger partial charge is 0.314 e. The van der Waals surface area contributed by atoms with Gasteiger partial charge in [-0.3, -0.25) is 0 Å². The molecule has 11 heavy (non-hydrogen) atoms. The Labute approximate surface area is 70.0 Å². The standard InChI is InChI=1S/C10H18N/c1-3-7-11(8-4-2)9-5-6-10-11/h1H,4-10H2,2H3/q+1. The van der Waals surface area contributed by atoms with Crippen LogP contribution in [0.5, 0.6) is 0 Å². The van der Waals surface area contributed by atoms with Crippen LogP contribution in [0.15, 0.2) is 0 Å². The van der Waals surface area contributed by atoms with E-state index in [4.69, 9.17) is 6.42 Å². The van der Waals surface area contributed by atoms with E-state index in [0.29, 0.717) is 0 Å². The molecule has 0 aromatic heterocycles.